The van der Waals surface area contributed by atoms with Crippen LogP contribution in [0, 0.1) is 17.2 Å². The van der Waals surface area contributed by atoms with Crippen molar-refractivity contribution in [3.8, 4) is 6.07 Å². The first-order valence-corrected chi connectivity index (χ1v) is 7.72. The largest absolute Gasteiger partial charge is 0.301 e. The van der Waals surface area contributed by atoms with Gasteiger partial charge in [0.25, 0.3) is 0 Å². The summed E-state index contributed by atoms with van der Waals surface area (Å²) in [5, 5.41) is 14.9. The van der Waals surface area contributed by atoms with Crippen molar-refractivity contribution in [1.82, 2.24) is 19.7 Å². The third-order valence-corrected chi connectivity index (χ3v) is 4.44. The molecule has 0 saturated carbocycles. The monoisotopic (exact) mass is 323 g/mol. The third-order valence-electron chi connectivity index (χ3n) is 3.96. The number of pyridine rings is 1. The number of aromatic nitrogens is 3. The number of nitrogens with zero attached hydrogens (tertiary/aromatic N) is 5. The first-order chi connectivity index (χ1) is 10.2. The van der Waals surface area contributed by atoms with E-state index in [1.54, 1.807) is 12.3 Å². The molecule has 1 aliphatic rings. The van der Waals surface area contributed by atoms with Gasteiger partial charge in [0.2, 0.25) is 0 Å². The van der Waals surface area contributed by atoms with Gasteiger partial charge in [0.1, 0.15) is 10.3 Å². The Morgan fingerprint density at radius 1 is 1.29 bits per heavy atom. The molecular weight excluding hydrogens is 309 g/mol. The van der Waals surface area contributed by atoms with Crippen LogP contribution in [0.1, 0.15) is 12.8 Å². The highest BCUT2D eigenvalue weighted by Crippen LogP contribution is 2.24. The van der Waals surface area contributed by atoms with Crippen LogP contribution in [0.25, 0.3) is 10.9 Å². The van der Waals surface area contributed by atoms with Gasteiger partial charge in [-0.25, -0.2) is 4.98 Å². The van der Waals surface area contributed by atoms with Crippen LogP contribution in [-0.4, -0.2) is 39.3 Å². The van der Waals surface area contributed by atoms with Gasteiger partial charge in [-0.05, 0) is 25.9 Å². The highest BCUT2D eigenvalue weighted by atomic mass is 35.5. The van der Waals surface area contributed by atoms with Crippen LogP contribution < -0.4 is 0 Å². The molecule has 1 saturated heterocycles. The second kappa shape index (κ2) is 6.18. The smallest absolute Gasteiger partial charge is 0.141 e. The van der Waals surface area contributed by atoms with Crippen LogP contribution in [0.2, 0.25) is 10.3 Å². The van der Waals surface area contributed by atoms with Crippen molar-refractivity contribution in [3.63, 3.8) is 0 Å². The zero-order valence-electron chi connectivity index (χ0n) is 11.5. The summed E-state index contributed by atoms with van der Waals surface area (Å²) in [6.45, 7) is 3.63. The molecule has 0 bridgehead atoms. The molecule has 3 rings (SSSR count). The second-order valence-corrected chi connectivity index (χ2v) is 6.03. The van der Waals surface area contributed by atoms with Crippen molar-refractivity contribution in [2.45, 2.75) is 19.4 Å². The summed E-state index contributed by atoms with van der Waals surface area (Å²) in [7, 11) is 0. The Labute approximate surface area is 133 Å². The highest BCUT2D eigenvalue weighted by molar-refractivity contribution is 6.36. The topological polar surface area (TPSA) is 57.7 Å². The number of fused-ring (bicyclic) bond motifs is 1. The lowest BCUT2D eigenvalue weighted by Crippen LogP contribution is -2.35. The Kier molecular flexibility index (Phi) is 4.29. The average molecular weight is 324 g/mol. The van der Waals surface area contributed by atoms with Crippen molar-refractivity contribution in [1.29, 1.82) is 5.26 Å². The van der Waals surface area contributed by atoms with E-state index in [9.17, 15) is 0 Å². The molecule has 7 heteroatoms. The van der Waals surface area contributed by atoms with Gasteiger partial charge in [0.05, 0.1) is 29.7 Å². The first-order valence-electron chi connectivity index (χ1n) is 6.97. The van der Waals surface area contributed by atoms with Crippen molar-refractivity contribution in [3.05, 3.63) is 22.6 Å². The molecule has 0 aromatic carbocycles. The molecule has 5 nitrogen and oxygen atoms in total. The molecule has 1 aliphatic heterocycles. The van der Waals surface area contributed by atoms with Crippen molar-refractivity contribution in [2.75, 3.05) is 19.6 Å². The predicted molar refractivity (Wildman–Crippen MR) is 82.3 cm³/mol. The number of rotatable bonds is 3. The SMILES string of the molecule is N#CC1CCN(CCn2ncc3c(Cl)nc(Cl)cc32)CC1. The second-order valence-electron chi connectivity index (χ2n) is 5.28. The van der Waals surface area contributed by atoms with E-state index in [0.29, 0.717) is 10.3 Å². The fourth-order valence-corrected chi connectivity index (χ4v) is 3.17. The Morgan fingerprint density at radius 3 is 2.76 bits per heavy atom. The average Bonchev–Trinajstić information content (AvgIpc) is 2.89. The lowest BCUT2D eigenvalue weighted by Gasteiger charge is -2.28. The minimum Gasteiger partial charge on any atom is -0.301 e. The number of nitriles is 1. The van der Waals surface area contributed by atoms with Gasteiger partial charge >= 0.3 is 0 Å². The van der Waals surface area contributed by atoms with E-state index in [2.05, 4.69) is 21.1 Å². The van der Waals surface area contributed by atoms with Crippen LogP contribution in [0.15, 0.2) is 12.3 Å². The number of piperidine rings is 1. The Balaban J connectivity index is 1.68. The molecule has 0 radical (unpaired) electrons. The lowest BCUT2D eigenvalue weighted by molar-refractivity contribution is 0.197. The quantitative estimate of drug-likeness (QED) is 0.815. The molecule has 0 amide bonds. The van der Waals surface area contributed by atoms with Gasteiger partial charge in [-0.15, -0.1) is 0 Å². The predicted octanol–water partition coefficient (Wildman–Crippen LogP) is 2.97. The van der Waals surface area contributed by atoms with E-state index in [1.807, 2.05) is 4.68 Å². The maximum Gasteiger partial charge on any atom is 0.141 e. The number of hydrogen-bond donors (Lipinski definition) is 0. The fraction of sp³-hybridized carbons (Fsp3) is 0.500. The summed E-state index contributed by atoms with van der Waals surface area (Å²) in [6, 6.07) is 4.14. The summed E-state index contributed by atoms with van der Waals surface area (Å²) in [5.41, 5.74) is 0.909. The Hall–Kier alpha value is -1.35. The summed E-state index contributed by atoms with van der Waals surface area (Å²) < 4.78 is 1.91. The van der Waals surface area contributed by atoms with Crippen LogP contribution in [-0.2, 0) is 6.54 Å². The van der Waals surface area contributed by atoms with Gasteiger partial charge in [0.15, 0.2) is 0 Å². The normalized spacial score (nSPS) is 17.2. The van der Waals surface area contributed by atoms with Gasteiger partial charge in [-0.3, -0.25) is 4.68 Å². The molecule has 21 heavy (non-hydrogen) atoms. The van der Waals surface area contributed by atoms with E-state index in [4.69, 9.17) is 28.5 Å². The van der Waals surface area contributed by atoms with Crippen LogP contribution in [0.5, 0.6) is 0 Å². The van der Waals surface area contributed by atoms with Crippen LogP contribution in [0.4, 0.5) is 0 Å². The van der Waals surface area contributed by atoms with Gasteiger partial charge in [-0.2, -0.15) is 10.4 Å². The summed E-state index contributed by atoms with van der Waals surface area (Å²) >= 11 is 12.0. The van der Waals surface area contributed by atoms with Gasteiger partial charge in [-0.1, -0.05) is 23.2 Å². The zero-order valence-corrected chi connectivity index (χ0v) is 13.0. The summed E-state index contributed by atoms with van der Waals surface area (Å²) in [6.07, 6.45) is 3.64. The molecule has 0 unspecified atom stereocenters. The minimum absolute atomic E-state index is 0.218. The van der Waals surface area contributed by atoms with E-state index < -0.39 is 0 Å². The minimum atomic E-state index is 0.218. The molecule has 0 spiro atoms. The molecule has 0 aliphatic carbocycles. The molecule has 2 aromatic rings. The Morgan fingerprint density at radius 2 is 2.05 bits per heavy atom. The molecule has 3 heterocycles. The summed E-state index contributed by atoms with van der Waals surface area (Å²) in [4.78, 5) is 6.39. The van der Waals surface area contributed by atoms with Crippen molar-refractivity contribution in [2.24, 2.45) is 5.92 Å². The summed E-state index contributed by atoms with van der Waals surface area (Å²) in [5.74, 6) is 0.218. The first kappa shape index (κ1) is 14.6. The van der Waals surface area contributed by atoms with Crippen LogP contribution >= 0.6 is 23.2 Å². The van der Waals surface area contributed by atoms with Crippen LogP contribution in [0.3, 0.4) is 0 Å². The molecular formula is C14H15Cl2N5. The lowest BCUT2D eigenvalue weighted by atomic mass is 9.99. The van der Waals surface area contributed by atoms with E-state index >= 15 is 0 Å². The number of hydrogen-bond acceptors (Lipinski definition) is 4. The number of halogens is 2. The molecule has 0 atom stereocenters. The highest BCUT2D eigenvalue weighted by Gasteiger charge is 2.18. The third kappa shape index (κ3) is 3.13. The number of likely N-dealkylation sites (tertiary alicyclic amines) is 1. The van der Waals surface area contributed by atoms with Gasteiger partial charge in [0, 0.05) is 18.5 Å². The van der Waals surface area contributed by atoms with Crippen molar-refractivity contribution >= 4 is 34.1 Å². The van der Waals surface area contributed by atoms with E-state index in [0.717, 1.165) is 49.9 Å². The molecule has 1 fully saturated rings. The molecule has 2 aromatic heterocycles. The molecule has 0 N–H and O–H groups in total. The van der Waals surface area contributed by atoms with E-state index in [-0.39, 0.29) is 5.92 Å². The Bertz CT molecular complexity index is 682. The maximum absolute atomic E-state index is 8.91. The maximum atomic E-state index is 8.91. The fourth-order valence-electron chi connectivity index (χ4n) is 2.71. The van der Waals surface area contributed by atoms with Gasteiger partial charge < -0.3 is 4.90 Å². The molecule has 110 valence electrons. The zero-order chi connectivity index (χ0) is 14.8. The van der Waals surface area contributed by atoms with E-state index in [1.165, 1.54) is 0 Å². The standard InChI is InChI=1S/C14H15Cl2N5/c15-13-7-12-11(14(16)19-13)9-18-21(12)6-5-20-3-1-10(8-17)2-4-20/h7,9-10H,1-6H2. The van der Waals surface area contributed by atoms with Crippen molar-refractivity contribution < 1.29 is 0 Å².